The summed E-state index contributed by atoms with van der Waals surface area (Å²) in [6.07, 6.45) is 2.56. The van der Waals surface area contributed by atoms with E-state index < -0.39 is 0 Å². The van der Waals surface area contributed by atoms with Gasteiger partial charge in [0.15, 0.2) is 5.13 Å². The van der Waals surface area contributed by atoms with Crippen molar-refractivity contribution in [2.75, 3.05) is 36.4 Å². The Morgan fingerprint density at radius 2 is 2.03 bits per heavy atom. The van der Waals surface area contributed by atoms with Gasteiger partial charge < -0.3 is 19.2 Å². The van der Waals surface area contributed by atoms with E-state index in [4.69, 9.17) is 4.42 Å². The lowest BCUT2D eigenvalue weighted by atomic mass is 10.2. The molecule has 4 aromatic rings. The molecule has 0 radical (unpaired) electrons. The van der Waals surface area contributed by atoms with Crippen molar-refractivity contribution >= 4 is 45.3 Å². The fourth-order valence-electron chi connectivity index (χ4n) is 3.97. The summed E-state index contributed by atoms with van der Waals surface area (Å²) in [6, 6.07) is 9.59. The van der Waals surface area contributed by atoms with E-state index in [0.717, 1.165) is 29.9 Å². The molecule has 4 heterocycles. The number of aromatic amines is 1. The van der Waals surface area contributed by atoms with Gasteiger partial charge in [-0.05, 0) is 31.5 Å². The summed E-state index contributed by atoms with van der Waals surface area (Å²) in [4.78, 5) is 41.8. The first-order chi connectivity index (χ1) is 16.1. The maximum atomic E-state index is 12.9. The van der Waals surface area contributed by atoms with Crippen molar-refractivity contribution < 1.29 is 14.0 Å². The number of furan rings is 1. The number of H-pyrrole nitrogens is 1. The zero-order valence-electron chi connectivity index (χ0n) is 18.2. The maximum Gasteiger partial charge on any atom is 0.260 e. The molecule has 1 aromatic carbocycles. The van der Waals surface area contributed by atoms with Crippen LogP contribution < -0.4 is 10.2 Å². The van der Waals surface area contributed by atoms with Crippen LogP contribution in [0.2, 0.25) is 0 Å². The van der Waals surface area contributed by atoms with Gasteiger partial charge in [-0.3, -0.25) is 14.9 Å². The number of aromatic nitrogens is 3. The van der Waals surface area contributed by atoms with Gasteiger partial charge in [-0.2, -0.15) is 0 Å². The molecule has 1 aliphatic heterocycles. The fourth-order valence-corrected chi connectivity index (χ4v) is 4.67. The van der Waals surface area contributed by atoms with E-state index in [0.29, 0.717) is 41.8 Å². The van der Waals surface area contributed by atoms with E-state index in [9.17, 15) is 9.59 Å². The Kier molecular flexibility index (Phi) is 5.82. The summed E-state index contributed by atoms with van der Waals surface area (Å²) in [7, 11) is 0. The third kappa shape index (κ3) is 4.61. The molecule has 0 spiro atoms. The molecule has 0 unspecified atom stereocenters. The van der Waals surface area contributed by atoms with Gasteiger partial charge in [-0.25, -0.2) is 9.97 Å². The molecule has 0 saturated carbocycles. The van der Waals surface area contributed by atoms with E-state index in [1.165, 1.54) is 17.6 Å². The molecule has 33 heavy (non-hydrogen) atoms. The van der Waals surface area contributed by atoms with Gasteiger partial charge >= 0.3 is 0 Å². The summed E-state index contributed by atoms with van der Waals surface area (Å²) >= 11 is 1.31. The minimum absolute atomic E-state index is 0.0373. The number of carbonyl (C=O) groups is 2. The van der Waals surface area contributed by atoms with E-state index in [1.807, 2.05) is 34.5 Å². The molecular weight excluding hydrogens is 440 g/mol. The van der Waals surface area contributed by atoms with Crippen molar-refractivity contribution in [3.63, 3.8) is 0 Å². The summed E-state index contributed by atoms with van der Waals surface area (Å²) in [5, 5.41) is 5.05. The second-order valence-electron chi connectivity index (χ2n) is 7.96. The van der Waals surface area contributed by atoms with Crippen LogP contribution in [0, 0.1) is 6.92 Å². The number of rotatable bonds is 5. The second-order valence-corrected chi connectivity index (χ2v) is 8.82. The number of anilines is 2. The number of nitrogens with zero attached hydrogens (tertiary/aromatic N) is 4. The zero-order valence-corrected chi connectivity index (χ0v) is 19.0. The zero-order chi connectivity index (χ0) is 22.8. The van der Waals surface area contributed by atoms with Crippen LogP contribution >= 0.6 is 11.3 Å². The number of benzene rings is 1. The number of nitrogens with one attached hydrogen (secondary N) is 2. The highest BCUT2D eigenvalue weighted by Gasteiger charge is 2.22. The second kappa shape index (κ2) is 9.07. The monoisotopic (exact) mass is 464 g/mol. The number of fused-ring (bicyclic) bond motifs is 1. The molecular formula is C23H24N6O3S. The molecule has 0 aliphatic carbocycles. The van der Waals surface area contributed by atoms with Crippen LogP contribution in [0.4, 0.5) is 11.1 Å². The molecule has 5 rings (SSSR count). The number of carbonyl (C=O) groups excluding carboxylic acids is 2. The lowest BCUT2D eigenvalue weighted by Gasteiger charge is -2.21. The van der Waals surface area contributed by atoms with Gasteiger partial charge in [0, 0.05) is 31.6 Å². The smallest absolute Gasteiger partial charge is 0.260 e. The highest BCUT2D eigenvalue weighted by molar-refractivity contribution is 7.14. The Balaban J connectivity index is 1.17. The van der Waals surface area contributed by atoms with E-state index in [1.54, 1.807) is 13.0 Å². The minimum atomic E-state index is -0.272. The molecule has 1 saturated heterocycles. The normalized spacial score (nSPS) is 14.5. The van der Waals surface area contributed by atoms with Gasteiger partial charge in [0.2, 0.25) is 11.9 Å². The Labute approximate surface area is 194 Å². The van der Waals surface area contributed by atoms with Crippen LogP contribution in [0.3, 0.4) is 0 Å². The Bertz CT molecular complexity index is 1260. The average Bonchev–Trinajstić information content (AvgIpc) is 3.49. The highest BCUT2D eigenvalue weighted by Crippen LogP contribution is 2.21. The number of hydrogen-bond donors (Lipinski definition) is 2. The highest BCUT2D eigenvalue weighted by atomic mass is 32.1. The van der Waals surface area contributed by atoms with Crippen molar-refractivity contribution in [1.29, 1.82) is 0 Å². The van der Waals surface area contributed by atoms with Gasteiger partial charge in [-0.15, -0.1) is 11.3 Å². The molecule has 1 aliphatic rings. The van der Waals surface area contributed by atoms with Gasteiger partial charge in [0.05, 0.1) is 35.0 Å². The lowest BCUT2D eigenvalue weighted by molar-refractivity contribution is -0.130. The van der Waals surface area contributed by atoms with E-state index >= 15 is 0 Å². The van der Waals surface area contributed by atoms with Gasteiger partial charge in [0.1, 0.15) is 5.76 Å². The molecule has 2 amide bonds. The molecule has 9 nitrogen and oxygen atoms in total. The predicted octanol–water partition coefficient (Wildman–Crippen LogP) is 3.45. The average molecular weight is 465 g/mol. The third-order valence-electron chi connectivity index (χ3n) is 5.73. The van der Waals surface area contributed by atoms with Gasteiger partial charge in [0.25, 0.3) is 5.91 Å². The first kappa shape index (κ1) is 21.2. The standard InChI is InChI=1S/C23H24N6O3S/c1-15-17(7-12-32-15)21(31)27-23-24-16(14-33-23)13-20(30)28-8-4-9-29(11-10-28)22-25-18-5-2-3-6-19(18)26-22/h2-3,5-7,12,14H,4,8-11,13H2,1H3,(H,25,26)(H,24,27,31). The van der Waals surface area contributed by atoms with Crippen molar-refractivity contribution in [3.05, 3.63) is 59.0 Å². The number of hydrogen-bond acceptors (Lipinski definition) is 7. The number of imidazole rings is 1. The Morgan fingerprint density at radius 3 is 2.85 bits per heavy atom. The molecule has 170 valence electrons. The number of thiazole rings is 1. The van der Waals surface area contributed by atoms with Crippen LogP contribution in [-0.4, -0.2) is 57.8 Å². The minimum Gasteiger partial charge on any atom is -0.469 e. The number of amides is 2. The fraction of sp³-hybridized carbons (Fsp3) is 0.304. The molecule has 2 N–H and O–H groups in total. The van der Waals surface area contributed by atoms with Crippen LogP contribution in [0.1, 0.15) is 28.2 Å². The van der Waals surface area contributed by atoms with Crippen molar-refractivity contribution in [2.45, 2.75) is 19.8 Å². The summed E-state index contributed by atoms with van der Waals surface area (Å²) < 4.78 is 5.17. The molecule has 3 aromatic heterocycles. The van der Waals surface area contributed by atoms with Crippen LogP contribution in [0.5, 0.6) is 0 Å². The maximum absolute atomic E-state index is 12.9. The van der Waals surface area contributed by atoms with Crippen molar-refractivity contribution in [1.82, 2.24) is 19.9 Å². The summed E-state index contributed by atoms with van der Waals surface area (Å²) in [5.41, 5.74) is 3.09. The molecule has 10 heteroatoms. The Hall–Kier alpha value is -3.66. The summed E-state index contributed by atoms with van der Waals surface area (Å²) in [5.74, 6) is 1.16. The summed E-state index contributed by atoms with van der Waals surface area (Å²) in [6.45, 7) is 4.61. The van der Waals surface area contributed by atoms with Crippen LogP contribution in [0.15, 0.2) is 46.4 Å². The van der Waals surface area contributed by atoms with Gasteiger partial charge in [-0.1, -0.05) is 12.1 Å². The van der Waals surface area contributed by atoms with Crippen molar-refractivity contribution in [3.8, 4) is 0 Å². The van der Waals surface area contributed by atoms with Crippen LogP contribution in [-0.2, 0) is 11.2 Å². The first-order valence-electron chi connectivity index (χ1n) is 10.8. The predicted molar refractivity (Wildman–Crippen MR) is 127 cm³/mol. The molecule has 1 fully saturated rings. The molecule has 0 bridgehead atoms. The first-order valence-corrected chi connectivity index (χ1v) is 11.7. The van der Waals surface area contributed by atoms with E-state index in [2.05, 4.69) is 25.2 Å². The lowest BCUT2D eigenvalue weighted by Crippen LogP contribution is -2.36. The Morgan fingerprint density at radius 1 is 1.15 bits per heavy atom. The number of aryl methyl sites for hydroxylation is 1. The van der Waals surface area contributed by atoms with E-state index in [-0.39, 0.29) is 18.2 Å². The topological polar surface area (TPSA) is 107 Å². The van der Waals surface area contributed by atoms with Crippen molar-refractivity contribution in [2.24, 2.45) is 0 Å². The van der Waals surface area contributed by atoms with Crippen LogP contribution in [0.25, 0.3) is 11.0 Å². The largest absolute Gasteiger partial charge is 0.469 e. The number of para-hydroxylation sites is 2. The quantitative estimate of drug-likeness (QED) is 0.468. The SMILES string of the molecule is Cc1occc1C(=O)Nc1nc(CC(=O)N2CCCN(c3nc4ccccc4[nH]3)CC2)cs1. The third-order valence-corrected chi connectivity index (χ3v) is 6.54. The molecule has 0 atom stereocenters.